The lowest BCUT2D eigenvalue weighted by Gasteiger charge is -2.45. The van der Waals surface area contributed by atoms with Gasteiger partial charge in [-0.3, -0.25) is 9.80 Å². The summed E-state index contributed by atoms with van der Waals surface area (Å²) in [5.41, 5.74) is 0.0583. The minimum Gasteiger partial charge on any atom is -0.336 e. The van der Waals surface area contributed by atoms with Crippen LogP contribution in [0.15, 0.2) is 0 Å². The Hall–Kier alpha value is -0.810. The molecule has 0 spiro atoms. The van der Waals surface area contributed by atoms with Crippen molar-refractivity contribution in [3.8, 4) is 0 Å². The number of piperazine rings is 1. The molecule has 5 nitrogen and oxygen atoms in total. The van der Waals surface area contributed by atoms with Gasteiger partial charge in [-0.1, -0.05) is 12.8 Å². The minimum absolute atomic E-state index is 0.0583. The maximum absolute atomic E-state index is 12.6. The Morgan fingerprint density at radius 2 is 1.74 bits per heavy atom. The van der Waals surface area contributed by atoms with Gasteiger partial charge in [0, 0.05) is 37.8 Å². The maximum Gasteiger partial charge on any atom is 0.317 e. The molecule has 23 heavy (non-hydrogen) atoms. The molecule has 132 valence electrons. The number of carbonyl (C=O) groups is 1. The van der Waals surface area contributed by atoms with Gasteiger partial charge in [-0.2, -0.15) is 0 Å². The highest BCUT2D eigenvalue weighted by Gasteiger charge is 2.32. The zero-order chi connectivity index (χ0) is 16.3. The zero-order valence-corrected chi connectivity index (χ0v) is 15.0. The van der Waals surface area contributed by atoms with Crippen LogP contribution in [0.3, 0.4) is 0 Å². The molecule has 0 saturated carbocycles. The van der Waals surface area contributed by atoms with Crippen LogP contribution in [0, 0.1) is 0 Å². The molecule has 0 bridgehead atoms. The van der Waals surface area contributed by atoms with Crippen LogP contribution in [-0.2, 0) is 0 Å². The number of likely N-dealkylation sites (tertiary alicyclic amines) is 1. The van der Waals surface area contributed by atoms with Gasteiger partial charge >= 0.3 is 6.03 Å². The van der Waals surface area contributed by atoms with E-state index in [9.17, 15) is 4.79 Å². The van der Waals surface area contributed by atoms with E-state index < -0.39 is 0 Å². The fourth-order valence-corrected chi connectivity index (χ4v) is 4.36. The van der Waals surface area contributed by atoms with E-state index in [0.717, 1.165) is 26.2 Å². The van der Waals surface area contributed by atoms with Crippen LogP contribution in [-0.4, -0.2) is 78.1 Å². The third kappa shape index (κ3) is 4.18. The number of piperidine rings is 2. The number of carbonyl (C=O) groups excluding carboxylic acids is 1. The molecule has 2 amide bonds. The van der Waals surface area contributed by atoms with Gasteiger partial charge < -0.3 is 10.2 Å². The van der Waals surface area contributed by atoms with Crippen molar-refractivity contribution < 1.29 is 4.79 Å². The summed E-state index contributed by atoms with van der Waals surface area (Å²) in [5.74, 6) is 0. The highest BCUT2D eigenvalue weighted by Crippen LogP contribution is 2.22. The minimum atomic E-state index is 0.0583. The van der Waals surface area contributed by atoms with E-state index in [1.165, 1.54) is 58.2 Å². The Morgan fingerprint density at radius 3 is 2.52 bits per heavy atom. The molecular weight excluding hydrogens is 288 g/mol. The second-order valence-corrected chi connectivity index (χ2v) is 8.15. The Balaban J connectivity index is 1.47. The van der Waals surface area contributed by atoms with Gasteiger partial charge in [-0.15, -0.1) is 0 Å². The van der Waals surface area contributed by atoms with E-state index in [0.29, 0.717) is 6.04 Å². The van der Waals surface area contributed by atoms with Crippen LogP contribution in [0.25, 0.3) is 0 Å². The van der Waals surface area contributed by atoms with Gasteiger partial charge in [-0.05, 0) is 59.2 Å². The van der Waals surface area contributed by atoms with E-state index >= 15 is 0 Å². The molecule has 3 rings (SSSR count). The first-order valence-corrected chi connectivity index (χ1v) is 9.58. The second-order valence-electron chi connectivity index (χ2n) is 8.15. The highest BCUT2D eigenvalue weighted by atomic mass is 16.2. The number of fused-ring (bicyclic) bond motifs is 1. The van der Waals surface area contributed by atoms with E-state index in [1.807, 2.05) is 4.90 Å². The molecule has 1 N–H and O–H groups in total. The molecule has 0 radical (unpaired) electrons. The Bertz CT molecular complexity index is 406. The van der Waals surface area contributed by atoms with E-state index in [-0.39, 0.29) is 11.6 Å². The summed E-state index contributed by atoms with van der Waals surface area (Å²) in [6, 6.07) is 0.735. The third-order valence-corrected chi connectivity index (χ3v) is 6.01. The second kappa shape index (κ2) is 7.39. The van der Waals surface area contributed by atoms with Crippen molar-refractivity contribution in [1.82, 2.24) is 20.0 Å². The topological polar surface area (TPSA) is 38.8 Å². The molecule has 5 heteroatoms. The van der Waals surface area contributed by atoms with Crippen molar-refractivity contribution in [3.05, 3.63) is 0 Å². The number of hydrogen-bond donors (Lipinski definition) is 1. The number of nitrogens with one attached hydrogen (secondary N) is 1. The molecule has 0 aromatic heterocycles. The normalized spacial score (nSPS) is 27.6. The third-order valence-electron chi connectivity index (χ3n) is 6.01. The zero-order valence-electron chi connectivity index (χ0n) is 15.0. The SMILES string of the molecule is CC(C)(CNC(=O)N1CCN2CCCCC2C1)N1CCCCC1. The first-order valence-electron chi connectivity index (χ1n) is 9.58. The monoisotopic (exact) mass is 322 g/mol. The predicted octanol–water partition coefficient (Wildman–Crippen LogP) is 2.13. The van der Waals surface area contributed by atoms with Gasteiger partial charge in [0.2, 0.25) is 0 Å². The lowest BCUT2D eigenvalue weighted by Crippen LogP contribution is -2.60. The molecule has 3 saturated heterocycles. The maximum atomic E-state index is 12.6. The lowest BCUT2D eigenvalue weighted by molar-refractivity contribution is 0.0604. The first kappa shape index (κ1) is 17.0. The molecule has 0 aromatic rings. The molecule has 0 aromatic carbocycles. The molecular formula is C18H34N4O. The summed E-state index contributed by atoms with van der Waals surface area (Å²) in [5, 5.41) is 3.21. The van der Waals surface area contributed by atoms with E-state index in [2.05, 4.69) is 29.0 Å². The quantitative estimate of drug-likeness (QED) is 0.865. The molecule has 1 unspecified atom stereocenters. The summed E-state index contributed by atoms with van der Waals surface area (Å²) >= 11 is 0. The van der Waals surface area contributed by atoms with Gasteiger partial charge in [0.05, 0.1) is 0 Å². The van der Waals surface area contributed by atoms with Crippen LogP contribution in [0.4, 0.5) is 4.79 Å². The van der Waals surface area contributed by atoms with E-state index in [1.54, 1.807) is 0 Å². The van der Waals surface area contributed by atoms with Crippen LogP contribution < -0.4 is 5.32 Å². The van der Waals surface area contributed by atoms with Crippen molar-refractivity contribution in [2.45, 2.75) is 64.0 Å². The summed E-state index contributed by atoms with van der Waals surface area (Å²) in [4.78, 5) is 19.7. The lowest BCUT2D eigenvalue weighted by atomic mass is 9.98. The van der Waals surface area contributed by atoms with Crippen molar-refractivity contribution in [2.75, 3.05) is 45.8 Å². The summed E-state index contributed by atoms with van der Waals surface area (Å²) < 4.78 is 0. The van der Waals surface area contributed by atoms with Crippen molar-refractivity contribution in [1.29, 1.82) is 0 Å². The first-order chi connectivity index (χ1) is 11.1. The van der Waals surface area contributed by atoms with Crippen LogP contribution in [0.1, 0.15) is 52.4 Å². The summed E-state index contributed by atoms with van der Waals surface area (Å²) in [6.07, 6.45) is 7.83. The highest BCUT2D eigenvalue weighted by molar-refractivity contribution is 5.74. The van der Waals surface area contributed by atoms with Crippen molar-refractivity contribution >= 4 is 6.03 Å². The van der Waals surface area contributed by atoms with Crippen molar-refractivity contribution in [3.63, 3.8) is 0 Å². The van der Waals surface area contributed by atoms with Crippen LogP contribution in [0.5, 0.6) is 0 Å². The van der Waals surface area contributed by atoms with Gasteiger partial charge in [0.1, 0.15) is 0 Å². The molecule has 3 aliphatic heterocycles. The van der Waals surface area contributed by atoms with Crippen LogP contribution in [0.2, 0.25) is 0 Å². The van der Waals surface area contributed by atoms with Crippen molar-refractivity contribution in [2.24, 2.45) is 0 Å². The average Bonchev–Trinajstić information content (AvgIpc) is 2.60. The number of urea groups is 1. The van der Waals surface area contributed by atoms with Crippen LogP contribution >= 0.6 is 0 Å². The van der Waals surface area contributed by atoms with Gasteiger partial charge in [-0.25, -0.2) is 4.79 Å². The van der Waals surface area contributed by atoms with Gasteiger partial charge in [0.25, 0.3) is 0 Å². The smallest absolute Gasteiger partial charge is 0.317 e. The van der Waals surface area contributed by atoms with Gasteiger partial charge in [0.15, 0.2) is 0 Å². The largest absolute Gasteiger partial charge is 0.336 e. The number of rotatable bonds is 3. The standard InChI is InChI=1S/C18H34N4O/c1-18(2,22-10-5-3-6-11-22)15-19-17(23)21-13-12-20-9-7-4-8-16(20)14-21/h16H,3-15H2,1-2H3,(H,19,23). The molecule has 3 heterocycles. The number of hydrogen-bond acceptors (Lipinski definition) is 3. The molecule has 0 aliphatic carbocycles. The number of nitrogens with zero attached hydrogens (tertiary/aromatic N) is 3. The predicted molar refractivity (Wildman–Crippen MR) is 93.7 cm³/mol. The fraction of sp³-hybridized carbons (Fsp3) is 0.944. The summed E-state index contributed by atoms with van der Waals surface area (Å²) in [6.45, 7) is 11.7. The Kier molecular flexibility index (Phi) is 5.47. The molecule has 3 aliphatic rings. The van der Waals surface area contributed by atoms with E-state index in [4.69, 9.17) is 0 Å². The average molecular weight is 322 g/mol. The fourth-order valence-electron chi connectivity index (χ4n) is 4.36. The Labute approximate surface area is 141 Å². The number of amides is 2. The Morgan fingerprint density at radius 1 is 1.00 bits per heavy atom. The summed E-state index contributed by atoms with van der Waals surface area (Å²) in [7, 11) is 0. The molecule has 1 atom stereocenters. The molecule has 3 fully saturated rings.